The van der Waals surface area contributed by atoms with Crippen molar-refractivity contribution in [3.8, 4) is 0 Å². The number of hydrogen-bond acceptors (Lipinski definition) is 3. The Morgan fingerprint density at radius 1 is 0.867 bits per heavy atom. The number of carbonyl (C=O) groups excluding carboxylic acids is 2. The predicted octanol–water partition coefficient (Wildman–Crippen LogP) is 2.58. The second-order valence-corrected chi connectivity index (χ2v) is 7.76. The van der Waals surface area contributed by atoms with E-state index in [9.17, 15) is 19.1 Å². The zero-order chi connectivity index (χ0) is 20.8. The van der Waals surface area contributed by atoms with E-state index in [2.05, 4.69) is 0 Å². The highest BCUT2D eigenvalue weighted by molar-refractivity contribution is 6.19. The van der Waals surface area contributed by atoms with E-state index >= 15 is 0 Å². The van der Waals surface area contributed by atoms with Crippen LogP contribution in [0, 0.1) is 22.2 Å². The summed E-state index contributed by atoms with van der Waals surface area (Å²) in [5.74, 6) is -1.72. The Kier molecular flexibility index (Phi) is 4.44. The predicted molar refractivity (Wildman–Crippen MR) is 112 cm³/mol. The van der Waals surface area contributed by atoms with Crippen LogP contribution in [-0.2, 0) is 4.79 Å². The number of ketones is 2. The van der Waals surface area contributed by atoms with Gasteiger partial charge >= 0.3 is 0 Å². The number of hydrogen-bond donors (Lipinski definition) is 1. The second-order valence-electron chi connectivity index (χ2n) is 7.76. The molecule has 0 saturated heterocycles. The first kappa shape index (κ1) is 18.6. The Hall–Kier alpha value is -3.37. The zero-order valence-corrected chi connectivity index (χ0v) is 16.1. The summed E-state index contributed by atoms with van der Waals surface area (Å²) in [6.07, 6.45) is 3.78. The monoisotopic (exact) mass is 398 g/mol. The lowest BCUT2D eigenvalue weighted by atomic mass is 9.73. The maximum Gasteiger partial charge on any atom is 0.187 e. The molecular formula is C26H19FO3. The number of rotatable bonds is 3. The van der Waals surface area contributed by atoms with Crippen molar-refractivity contribution in [3.63, 3.8) is 0 Å². The summed E-state index contributed by atoms with van der Waals surface area (Å²) in [5.41, 5.74) is 1.86. The van der Waals surface area contributed by atoms with Crippen molar-refractivity contribution in [1.29, 1.82) is 0 Å². The van der Waals surface area contributed by atoms with Gasteiger partial charge in [-0.15, -0.1) is 0 Å². The first-order valence-corrected chi connectivity index (χ1v) is 9.99. The van der Waals surface area contributed by atoms with Gasteiger partial charge in [0.05, 0.1) is 5.92 Å². The van der Waals surface area contributed by atoms with Crippen LogP contribution in [0.5, 0.6) is 0 Å². The van der Waals surface area contributed by atoms with E-state index in [1.807, 2.05) is 42.5 Å². The molecule has 1 N–H and O–H groups in total. The first-order valence-electron chi connectivity index (χ1n) is 9.99. The van der Waals surface area contributed by atoms with E-state index < -0.39 is 11.8 Å². The Morgan fingerprint density at radius 3 is 2.40 bits per heavy atom. The highest BCUT2D eigenvalue weighted by atomic mass is 19.1. The molecule has 2 aliphatic carbocycles. The molecule has 0 aromatic heterocycles. The molecule has 0 bridgehead atoms. The van der Waals surface area contributed by atoms with E-state index in [1.165, 1.54) is 12.1 Å². The van der Waals surface area contributed by atoms with Gasteiger partial charge in [-0.2, -0.15) is 0 Å². The summed E-state index contributed by atoms with van der Waals surface area (Å²) in [7, 11) is 0. The van der Waals surface area contributed by atoms with Gasteiger partial charge < -0.3 is 5.11 Å². The summed E-state index contributed by atoms with van der Waals surface area (Å²) in [4.78, 5) is 26.6. The summed E-state index contributed by atoms with van der Waals surface area (Å²) in [5, 5.41) is 12.9. The molecule has 30 heavy (non-hydrogen) atoms. The van der Waals surface area contributed by atoms with E-state index in [4.69, 9.17) is 0 Å². The molecule has 0 saturated carbocycles. The molecule has 0 aliphatic heterocycles. The molecule has 0 fully saturated rings. The third-order valence-electron chi connectivity index (χ3n) is 6.03. The Balaban J connectivity index is 1.90. The van der Waals surface area contributed by atoms with Gasteiger partial charge in [0.25, 0.3) is 0 Å². The van der Waals surface area contributed by atoms with Gasteiger partial charge in [-0.1, -0.05) is 54.6 Å². The van der Waals surface area contributed by atoms with Crippen LogP contribution < -0.4 is 10.4 Å². The molecule has 3 nitrogen and oxygen atoms in total. The molecule has 3 aromatic rings. The van der Waals surface area contributed by atoms with Crippen LogP contribution in [0.1, 0.15) is 33.8 Å². The van der Waals surface area contributed by atoms with E-state index in [1.54, 1.807) is 18.2 Å². The molecule has 4 heteroatoms. The van der Waals surface area contributed by atoms with Crippen molar-refractivity contribution in [3.05, 3.63) is 104 Å². The highest BCUT2D eigenvalue weighted by Crippen LogP contribution is 2.34. The van der Waals surface area contributed by atoms with E-state index in [0.29, 0.717) is 23.1 Å². The largest absolute Gasteiger partial charge is 0.396 e. The molecule has 2 aliphatic rings. The molecule has 5 rings (SSSR count). The fraction of sp³-hybridized carbons (Fsp3) is 0.154. The highest BCUT2D eigenvalue weighted by Gasteiger charge is 2.35. The fourth-order valence-corrected chi connectivity index (χ4v) is 4.67. The lowest BCUT2D eigenvalue weighted by molar-refractivity contribution is -0.122. The Bertz CT molecular complexity index is 1400. The van der Waals surface area contributed by atoms with Gasteiger partial charge in [-0.05, 0) is 56.6 Å². The lowest BCUT2D eigenvalue weighted by Gasteiger charge is -2.28. The average Bonchev–Trinajstić information content (AvgIpc) is 2.75. The van der Waals surface area contributed by atoms with Crippen molar-refractivity contribution < 1.29 is 19.1 Å². The number of halogens is 1. The van der Waals surface area contributed by atoms with E-state index in [0.717, 1.165) is 20.9 Å². The quantitative estimate of drug-likeness (QED) is 0.738. The fourth-order valence-electron chi connectivity index (χ4n) is 4.67. The molecule has 0 heterocycles. The minimum atomic E-state index is -0.681. The standard InChI is InChI=1S/C26H19FO3/c27-19-8-5-15(6-9-19)24-23-17(13-18(11-12-28)26(24)30)7-10-21-20-4-2-1-3-16(20)14-22(29)25(21)23/h1-10,13-14,18,24,28H,11-12H2. The smallest absolute Gasteiger partial charge is 0.187 e. The van der Waals surface area contributed by atoms with Gasteiger partial charge in [-0.25, -0.2) is 4.39 Å². The van der Waals surface area contributed by atoms with Crippen molar-refractivity contribution in [2.75, 3.05) is 6.61 Å². The summed E-state index contributed by atoms with van der Waals surface area (Å²) >= 11 is 0. The Labute approximate surface area is 172 Å². The second kappa shape index (κ2) is 7.15. The van der Waals surface area contributed by atoms with E-state index in [-0.39, 0.29) is 24.0 Å². The molecule has 3 aromatic carbocycles. The molecule has 0 amide bonds. The number of Topliss-reactive ketones (excluding diaryl/α,β-unsaturated/α-hetero) is 2. The van der Waals surface area contributed by atoms with Crippen LogP contribution in [0.2, 0.25) is 0 Å². The SMILES string of the molecule is O=C1C=c2ccccc2=c2ccc3c(c21)C(c1ccc(F)cc1)C(=O)C(CCO)C=3. The van der Waals surface area contributed by atoms with Crippen LogP contribution in [0.4, 0.5) is 4.39 Å². The van der Waals surface area contributed by atoms with Crippen molar-refractivity contribution in [2.45, 2.75) is 12.3 Å². The van der Waals surface area contributed by atoms with Crippen molar-refractivity contribution in [2.24, 2.45) is 5.92 Å². The molecule has 0 radical (unpaired) electrons. The maximum atomic E-state index is 13.6. The number of fused-ring (bicyclic) bond motifs is 4. The third kappa shape index (κ3) is 2.84. The van der Waals surface area contributed by atoms with Crippen LogP contribution in [-0.4, -0.2) is 23.3 Å². The number of benzene rings is 3. The van der Waals surface area contributed by atoms with Crippen LogP contribution >= 0.6 is 0 Å². The van der Waals surface area contributed by atoms with Gasteiger partial charge in [0.1, 0.15) is 5.82 Å². The normalized spacial score (nSPS) is 19.3. The summed E-state index contributed by atoms with van der Waals surface area (Å²) < 4.78 is 13.6. The molecule has 148 valence electrons. The van der Waals surface area contributed by atoms with Gasteiger partial charge in [0.2, 0.25) is 0 Å². The van der Waals surface area contributed by atoms with Gasteiger partial charge in [0, 0.05) is 18.1 Å². The average molecular weight is 398 g/mol. The van der Waals surface area contributed by atoms with Gasteiger partial charge in [-0.3, -0.25) is 9.59 Å². The summed E-state index contributed by atoms with van der Waals surface area (Å²) in [6.45, 7) is -0.108. The van der Waals surface area contributed by atoms with Crippen molar-refractivity contribution >= 4 is 23.7 Å². The lowest BCUT2D eigenvalue weighted by Crippen LogP contribution is -2.35. The number of aliphatic hydroxyl groups excluding tert-OH is 1. The number of aliphatic hydroxyl groups is 1. The summed E-state index contributed by atoms with van der Waals surface area (Å²) in [6, 6.07) is 17.4. The molecule has 0 spiro atoms. The topological polar surface area (TPSA) is 54.4 Å². The molecular weight excluding hydrogens is 379 g/mol. The maximum absolute atomic E-state index is 13.6. The first-order chi connectivity index (χ1) is 14.6. The van der Waals surface area contributed by atoms with Crippen LogP contribution in [0.3, 0.4) is 0 Å². The molecule has 2 unspecified atom stereocenters. The Morgan fingerprint density at radius 2 is 1.63 bits per heavy atom. The number of carbonyl (C=O) groups is 2. The molecule has 2 atom stereocenters. The van der Waals surface area contributed by atoms with Gasteiger partial charge in [0.15, 0.2) is 11.6 Å². The minimum Gasteiger partial charge on any atom is -0.396 e. The van der Waals surface area contributed by atoms with Crippen molar-refractivity contribution in [1.82, 2.24) is 0 Å². The third-order valence-corrected chi connectivity index (χ3v) is 6.03. The van der Waals surface area contributed by atoms with Crippen LogP contribution in [0.25, 0.3) is 12.2 Å². The minimum absolute atomic E-state index is 0.0804. The van der Waals surface area contributed by atoms with Crippen LogP contribution in [0.15, 0.2) is 60.7 Å². The zero-order valence-electron chi connectivity index (χ0n) is 16.1.